The van der Waals surface area contributed by atoms with Gasteiger partial charge in [0, 0.05) is 0 Å². The predicted octanol–water partition coefficient (Wildman–Crippen LogP) is 3.84. The summed E-state index contributed by atoms with van der Waals surface area (Å²) in [4.78, 5) is 29.8. The van der Waals surface area contributed by atoms with Crippen molar-refractivity contribution in [3.8, 4) is 23.1 Å². The molecule has 0 aliphatic heterocycles. The third-order valence-electron chi connectivity index (χ3n) is 4.73. The van der Waals surface area contributed by atoms with Crippen molar-refractivity contribution in [1.82, 2.24) is 19.1 Å². The molecule has 0 aliphatic carbocycles. The van der Waals surface area contributed by atoms with E-state index in [1.807, 2.05) is 0 Å². The summed E-state index contributed by atoms with van der Waals surface area (Å²) < 4.78 is 2.63. The molecule has 0 spiro atoms. The summed E-state index contributed by atoms with van der Waals surface area (Å²) in [6.07, 6.45) is 2.38. The first-order valence-electron chi connectivity index (χ1n) is 9.58. The van der Waals surface area contributed by atoms with Crippen LogP contribution in [0.2, 0.25) is 0 Å². The Kier molecular flexibility index (Phi) is 6.05. The molecular weight excluding hydrogens is 460 g/mol. The Bertz CT molecular complexity index is 1520. The Morgan fingerprint density at radius 1 is 0.697 bits per heavy atom. The van der Waals surface area contributed by atoms with Gasteiger partial charge in [0.2, 0.25) is 11.8 Å². The fourth-order valence-corrected chi connectivity index (χ4v) is 3.75. The maximum atomic E-state index is 12.4. The molecule has 2 aromatic carbocycles. The average molecular weight is 477 g/mol. The quantitative estimate of drug-likeness (QED) is 0.263. The van der Waals surface area contributed by atoms with E-state index < -0.39 is 22.9 Å². The summed E-state index contributed by atoms with van der Waals surface area (Å²) in [6.45, 7) is 0. The Morgan fingerprint density at radius 3 is 1.42 bits per heavy atom. The van der Waals surface area contributed by atoms with Gasteiger partial charge in [0.05, 0.1) is 11.4 Å². The van der Waals surface area contributed by atoms with Gasteiger partial charge >= 0.3 is 0 Å². The topological polar surface area (TPSA) is 116 Å². The second-order valence-electron chi connectivity index (χ2n) is 6.79. The largest absolute Gasteiger partial charge is 0.494 e. The van der Waals surface area contributed by atoms with Gasteiger partial charge in [0.15, 0.2) is 9.54 Å². The van der Waals surface area contributed by atoms with E-state index in [9.17, 15) is 19.8 Å². The number of aromatic nitrogens is 4. The molecule has 0 unspecified atom stereocenters. The molecule has 0 amide bonds. The Balaban J connectivity index is 1.85. The third kappa shape index (κ3) is 4.26. The van der Waals surface area contributed by atoms with Crippen LogP contribution in [0, 0.1) is 9.54 Å². The minimum atomic E-state index is -0.635. The lowest BCUT2D eigenvalue weighted by Crippen LogP contribution is -2.16. The number of nitrogens with one attached hydrogen (secondary N) is 2. The Morgan fingerprint density at radius 2 is 1.06 bits per heavy atom. The molecule has 0 atom stereocenters. The molecule has 8 nitrogen and oxygen atoms in total. The summed E-state index contributed by atoms with van der Waals surface area (Å²) in [5, 5.41) is 21.4. The van der Waals surface area contributed by atoms with Crippen molar-refractivity contribution in [3.05, 3.63) is 108 Å². The van der Waals surface area contributed by atoms with Gasteiger partial charge in [-0.15, -0.1) is 5.73 Å². The SMILES string of the molecule is O=c1[nH]c(=S)n(-c2ccccc2)c(O)c1C=C=Cc1c(O)n(-c2ccccc2)c(=S)[nH]c1=O. The van der Waals surface area contributed by atoms with E-state index in [1.165, 1.54) is 21.3 Å². The molecule has 0 saturated heterocycles. The van der Waals surface area contributed by atoms with Gasteiger partial charge in [0.25, 0.3) is 11.1 Å². The second kappa shape index (κ2) is 9.09. The van der Waals surface area contributed by atoms with Crippen molar-refractivity contribution in [1.29, 1.82) is 0 Å². The summed E-state index contributed by atoms with van der Waals surface area (Å²) in [5.41, 5.74) is 2.24. The number of nitrogens with zero attached hydrogens (tertiary/aromatic N) is 2. The lowest BCUT2D eigenvalue weighted by molar-refractivity contribution is 0.431. The first kappa shape index (κ1) is 22.0. The average Bonchev–Trinajstić information content (AvgIpc) is 2.79. The van der Waals surface area contributed by atoms with E-state index in [1.54, 1.807) is 60.7 Å². The number of aromatic hydroxyl groups is 2. The fourth-order valence-electron chi connectivity index (χ4n) is 3.18. The zero-order valence-corrected chi connectivity index (χ0v) is 18.5. The molecule has 0 fully saturated rings. The van der Waals surface area contributed by atoms with E-state index in [4.69, 9.17) is 24.4 Å². The molecule has 0 bridgehead atoms. The van der Waals surface area contributed by atoms with Gasteiger partial charge in [-0.05, 0) is 60.9 Å². The van der Waals surface area contributed by atoms with E-state index in [0.29, 0.717) is 11.4 Å². The minimum Gasteiger partial charge on any atom is -0.494 e. The van der Waals surface area contributed by atoms with Crippen LogP contribution in [0.25, 0.3) is 23.5 Å². The summed E-state index contributed by atoms with van der Waals surface area (Å²) in [5.74, 6) is -0.788. The molecule has 2 heterocycles. The smallest absolute Gasteiger partial charge is 0.263 e. The number of H-pyrrole nitrogens is 2. The van der Waals surface area contributed by atoms with Gasteiger partial charge in [-0.1, -0.05) is 36.4 Å². The van der Waals surface area contributed by atoms with Crippen molar-refractivity contribution in [2.45, 2.75) is 0 Å². The Labute approximate surface area is 196 Å². The lowest BCUT2D eigenvalue weighted by Gasteiger charge is -2.11. The lowest BCUT2D eigenvalue weighted by atomic mass is 10.2. The van der Waals surface area contributed by atoms with Gasteiger partial charge in [-0.3, -0.25) is 28.7 Å². The standard InChI is InChI=1S/C23H16N4O4S2/c28-18-16(20(30)26(22(32)24-18)14-8-3-1-4-9-14)12-7-13-17-19(29)25-23(33)27(21(17)31)15-10-5-2-6-11-15/h1-6,8-13,30-31H,(H,24,28,32)(H,25,29,33). The number of hydrogen-bond acceptors (Lipinski definition) is 6. The number of aromatic amines is 2. The van der Waals surface area contributed by atoms with Gasteiger partial charge in [-0.2, -0.15) is 0 Å². The predicted molar refractivity (Wildman–Crippen MR) is 130 cm³/mol. The van der Waals surface area contributed by atoms with Crippen LogP contribution in [0.5, 0.6) is 11.8 Å². The second-order valence-corrected chi connectivity index (χ2v) is 7.56. The Hall–Kier alpha value is -4.24. The van der Waals surface area contributed by atoms with E-state index in [0.717, 1.165) is 0 Å². The highest BCUT2D eigenvalue weighted by Gasteiger charge is 2.13. The van der Waals surface area contributed by atoms with Crippen molar-refractivity contribution < 1.29 is 10.2 Å². The zero-order chi connectivity index (χ0) is 23.5. The van der Waals surface area contributed by atoms with Crippen molar-refractivity contribution in [3.63, 3.8) is 0 Å². The summed E-state index contributed by atoms with van der Waals surface area (Å²) in [7, 11) is 0. The van der Waals surface area contributed by atoms with Crippen molar-refractivity contribution in [2.24, 2.45) is 0 Å². The highest BCUT2D eigenvalue weighted by Crippen LogP contribution is 2.22. The van der Waals surface area contributed by atoms with Gasteiger partial charge in [0.1, 0.15) is 11.1 Å². The first-order chi connectivity index (χ1) is 15.9. The van der Waals surface area contributed by atoms with Crippen LogP contribution in [0.1, 0.15) is 11.1 Å². The van der Waals surface area contributed by atoms with Crippen LogP contribution in [-0.2, 0) is 0 Å². The van der Waals surface area contributed by atoms with E-state index in [-0.39, 0.29) is 20.7 Å². The maximum absolute atomic E-state index is 12.4. The molecule has 0 saturated carbocycles. The van der Waals surface area contributed by atoms with Crippen molar-refractivity contribution >= 4 is 36.6 Å². The van der Waals surface area contributed by atoms with Crippen LogP contribution in [0.3, 0.4) is 0 Å². The normalized spacial score (nSPS) is 10.4. The summed E-state index contributed by atoms with van der Waals surface area (Å²) in [6, 6.07) is 17.5. The monoisotopic (exact) mass is 476 g/mol. The van der Waals surface area contributed by atoms with Crippen molar-refractivity contribution in [2.75, 3.05) is 0 Å². The molecular formula is C23H16N4O4S2. The summed E-state index contributed by atoms with van der Waals surface area (Å²) >= 11 is 10.4. The van der Waals surface area contributed by atoms with E-state index in [2.05, 4.69) is 15.7 Å². The molecule has 0 radical (unpaired) electrons. The van der Waals surface area contributed by atoms with Crippen LogP contribution >= 0.6 is 24.4 Å². The molecule has 10 heteroatoms. The van der Waals surface area contributed by atoms with Crippen LogP contribution in [0.15, 0.2) is 76.0 Å². The number of benzene rings is 2. The molecule has 4 aromatic rings. The number of rotatable bonds is 4. The van der Waals surface area contributed by atoms with Crippen LogP contribution in [-0.4, -0.2) is 29.3 Å². The fraction of sp³-hybridized carbons (Fsp3) is 0. The molecule has 33 heavy (non-hydrogen) atoms. The van der Waals surface area contributed by atoms with Crippen LogP contribution < -0.4 is 11.1 Å². The van der Waals surface area contributed by atoms with Crippen LogP contribution in [0.4, 0.5) is 0 Å². The number of hydrogen-bond donors (Lipinski definition) is 4. The maximum Gasteiger partial charge on any atom is 0.263 e. The van der Waals surface area contributed by atoms with Gasteiger partial charge < -0.3 is 10.2 Å². The molecule has 2 aromatic heterocycles. The highest BCUT2D eigenvalue weighted by atomic mass is 32.1. The number of para-hydroxylation sites is 2. The molecule has 164 valence electrons. The van der Waals surface area contributed by atoms with E-state index >= 15 is 0 Å². The first-order valence-corrected chi connectivity index (χ1v) is 10.4. The molecule has 0 aliphatic rings. The third-order valence-corrected chi connectivity index (χ3v) is 5.30. The van der Waals surface area contributed by atoms with Gasteiger partial charge in [-0.25, -0.2) is 0 Å². The molecule has 4 rings (SSSR count). The zero-order valence-electron chi connectivity index (χ0n) is 16.9. The highest BCUT2D eigenvalue weighted by molar-refractivity contribution is 7.71. The minimum absolute atomic E-state index is 0.0175. The molecule has 4 N–H and O–H groups in total.